The lowest BCUT2D eigenvalue weighted by Crippen LogP contribution is -2.34. The minimum absolute atomic E-state index is 0. The molecule has 2 rings (SSSR count). The maximum absolute atomic E-state index is 11.7. The van der Waals surface area contributed by atoms with Crippen LogP contribution < -0.4 is 11.1 Å². The van der Waals surface area contributed by atoms with Gasteiger partial charge < -0.3 is 15.6 Å². The Balaban J connectivity index is 0.00000242. The maximum atomic E-state index is 11.7. The second kappa shape index (κ2) is 9.75. The smallest absolute Gasteiger partial charge is 0.224 e. The molecule has 2 aromatic rings. The second-order valence-electron chi connectivity index (χ2n) is 5.66. The lowest BCUT2D eigenvalue weighted by molar-refractivity contribution is -0.124. The van der Waals surface area contributed by atoms with E-state index in [0.717, 1.165) is 23.3 Å². The van der Waals surface area contributed by atoms with Crippen molar-refractivity contribution in [2.75, 3.05) is 13.1 Å². The minimum atomic E-state index is -0.145. The van der Waals surface area contributed by atoms with Crippen molar-refractivity contribution in [2.45, 2.75) is 33.2 Å². The van der Waals surface area contributed by atoms with Crippen molar-refractivity contribution in [2.24, 2.45) is 11.7 Å². The molecule has 5 nitrogen and oxygen atoms in total. The number of carbonyl (C=O) groups excluding carboxylic acids is 1. The fourth-order valence-electron chi connectivity index (χ4n) is 2.43. The number of halogens is 2. The summed E-state index contributed by atoms with van der Waals surface area (Å²) < 4.78 is 2.23. The summed E-state index contributed by atoms with van der Waals surface area (Å²) in [6.45, 7) is 7.08. The number of hydrogen-bond acceptors (Lipinski definition) is 3. The van der Waals surface area contributed by atoms with Crippen molar-refractivity contribution in [3.05, 3.63) is 30.1 Å². The molecule has 0 aliphatic rings. The molecule has 0 spiro atoms. The number of nitrogens with zero attached hydrogens (tertiary/aromatic N) is 2. The molecule has 0 saturated carbocycles. The van der Waals surface area contributed by atoms with Gasteiger partial charge in [0.05, 0.1) is 11.0 Å². The van der Waals surface area contributed by atoms with E-state index in [1.54, 1.807) is 0 Å². The average molecular weight is 361 g/mol. The summed E-state index contributed by atoms with van der Waals surface area (Å²) in [5.74, 6) is 0.866. The van der Waals surface area contributed by atoms with Crippen LogP contribution in [-0.4, -0.2) is 28.5 Å². The molecule has 0 aliphatic carbocycles. The number of nitrogens with two attached hydrogens (primary N) is 1. The Morgan fingerprint density at radius 2 is 1.91 bits per heavy atom. The van der Waals surface area contributed by atoms with Gasteiger partial charge in [-0.05, 0) is 26.0 Å². The molecule has 1 aromatic carbocycles. The molecular weight excluding hydrogens is 335 g/mol. The van der Waals surface area contributed by atoms with E-state index in [9.17, 15) is 4.79 Å². The summed E-state index contributed by atoms with van der Waals surface area (Å²) >= 11 is 0. The van der Waals surface area contributed by atoms with Crippen LogP contribution in [0.25, 0.3) is 11.0 Å². The van der Waals surface area contributed by atoms with Gasteiger partial charge in [-0.3, -0.25) is 4.79 Å². The first-order chi connectivity index (χ1) is 10.0. The fraction of sp³-hybridized carbons (Fsp3) is 0.500. The number of fused-ring (bicyclic) bond motifs is 1. The normalized spacial score (nSPS) is 11.7. The summed E-state index contributed by atoms with van der Waals surface area (Å²) in [6.07, 6.45) is 0.718. The molecule has 130 valence electrons. The predicted molar refractivity (Wildman–Crippen MR) is 99.5 cm³/mol. The van der Waals surface area contributed by atoms with Gasteiger partial charge in [0.2, 0.25) is 5.91 Å². The van der Waals surface area contributed by atoms with E-state index >= 15 is 0 Å². The molecule has 1 heterocycles. The molecule has 0 bridgehead atoms. The Morgan fingerprint density at radius 1 is 1.26 bits per heavy atom. The zero-order chi connectivity index (χ0) is 15.4. The Kier molecular flexibility index (Phi) is 9.20. The quantitative estimate of drug-likeness (QED) is 0.831. The minimum Gasteiger partial charge on any atom is -0.355 e. The van der Waals surface area contributed by atoms with E-state index in [4.69, 9.17) is 5.73 Å². The Hall–Kier alpha value is -1.30. The molecule has 0 fully saturated rings. The van der Waals surface area contributed by atoms with Crippen LogP contribution in [0.5, 0.6) is 0 Å². The number of imidazole rings is 1. The number of aromatic nitrogens is 2. The third-order valence-corrected chi connectivity index (χ3v) is 3.63. The molecule has 1 unspecified atom stereocenters. The third-order valence-electron chi connectivity index (χ3n) is 3.63. The zero-order valence-corrected chi connectivity index (χ0v) is 15.4. The number of amides is 1. The lowest BCUT2D eigenvalue weighted by Gasteiger charge is -2.14. The van der Waals surface area contributed by atoms with E-state index in [-0.39, 0.29) is 36.6 Å². The number of para-hydroxylation sites is 2. The zero-order valence-electron chi connectivity index (χ0n) is 13.8. The molecule has 0 radical (unpaired) electrons. The van der Waals surface area contributed by atoms with E-state index in [1.165, 1.54) is 0 Å². The fourth-order valence-corrected chi connectivity index (χ4v) is 2.43. The SMILES string of the molecule is CC(CN)C(=O)NCCc1nc2ccccc2n1C(C)C.Cl.Cl. The van der Waals surface area contributed by atoms with Gasteiger partial charge >= 0.3 is 0 Å². The van der Waals surface area contributed by atoms with Crippen LogP contribution in [0.2, 0.25) is 0 Å². The molecule has 1 atom stereocenters. The Labute approximate surface area is 149 Å². The highest BCUT2D eigenvalue weighted by molar-refractivity contribution is 5.85. The number of nitrogens with one attached hydrogen (secondary N) is 1. The highest BCUT2D eigenvalue weighted by Gasteiger charge is 2.14. The van der Waals surface area contributed by atoms with Crippen molar-refractivity contribution >= 4 is 41.8 Å². The van der Waals surface area contributed by atoms with Crippen molar-refractivity contribution in [3.63, 3.8) is 0 Å². The largest absolute Gasteiger partial charge is 0.355 e. The standard InChI is InChI=1S/C16H24N4O.2ClH/c1-11(2)20-14-7-5-4-6-13(14)19-15(20)8-9-18-16(21)12(3)10-17;;/h4-7,11-12H,8-10,17H2,1-3H3,(H,18,21);2*1H. The van der Waals surface area contributed by atoms with Gasteiger partial charge in [0.15, 0.2) is 0 Å². The summed E-state index contributed by atoms with van der Waals surface area (Å²) in [5, 5.41) is 2.92. The summed E-state index contributed by atoms with van der Waals surface area (Å²) in [5.41, 5.74) is 7.64. The molecule has 3 N–H and O–H groups in total. The lowest BCUT2D eigenvalue weighted by atomic mass is 10.1. The monoisotopic (exact) mass is 360 g/mol. The van der Waals surface area contributed by atoms with Crippen LogP contribution in [0.15, 0.2) is 24.3 Å². The number of benzene rings is 1. The Bertz CT molecular complexity index is 628. The summed E-state index contributed by atoms with van der Waals surface area (Å²) in [4.78, 5) is 16.4. The first-order valence-corrected chi connectivity index (χ1v) is 7.48. The summed E-state index contributed by atoms with van der Waals surface area (Å²) in [6, 6.07) is 8.46. The van der Waals surface area contributed by atoms with Crippen LogP contribution in [0.3, 0.4) is 0 Å². The van der Waals surface area contributed by atoms with E-state index in [2.05, 4.69) is 34.8 Å². The average Bonchev–Trinajstić information content (AvgIpc) is 2.84. The molecule has 0 saturated heterocycles. The first-order valence-electron chi connectivity index (χ1n) is 7.48. The molecule has 23 heavy (non-hydrogen) atoms. The van der Waals surface area contributed by atoms with Crippen molar-refractivity contribution in [1.82, 2.24) is 14.9 Å². The van der Waals surface area contributed by atoms with E-state index in [1.807, 2.05) is 25.1 Å². The number of rotatable bonds is 6. The molecule has 1 aromatic heterocycles. The van der Waals surface area contributed by atoms with Gasteiger partial charge in [0.1, 0.15) is 5.82 Å². The van der Waals surface area contributed by atoms with Gasteiger partial charge in [-0.25, -0.2) is 4.98 Å². The van der Waals surface area contributed by atoms with Crippen LogP contribution in [0.1, 0.15) is 32.6 Å². The van der Waals surface area contributed by atoms with Crippen molar-refractivity contribution in [3.8, 4) is 0 Å². The second-order valence-corrected chi connectivity index (χ2v) is 5.66. The molecule has 0 aliphatic heterocycles. The van der Waals surface area contributed by atoms with Gasteiger partial charge in [0.25, 0.3) is 0 Å². The van der Waals surface area contributed by atoms with Crippen LogP contribution in [0.4, 0.5) is 0 Å². The third kappa shape index (κ3) is 5.09. The maximum Gasteiger partial charge on any atom is 0.224 e. The van der Waals surface area contributed by atoms with Gasteiger partial charge in [-0.1, -0.05) is 19.1 Å². The van der Waals surface area contributed by atoms with Gasteiger partial charge in [-0.2, -0.15) is 0 Å². The highest BCUT2D eigenvalue weighted by Crippen LogP contribution is 2.20. The summed E-state index contributed by atoms with van der Waals surface area (Å²) in [7, 11) is 0. The predicted octanol–water partition coefficient (Wildman–Crippen LogP) is 2.71. The molecule has 1 amide bonds. The molecular formula is C16H26Cl2N4O. The highest BCUT2D eigenvalue weighted by atomic mass is 35.5. The van der Waals surface area contributed by atoms with Gasteiger partial charge in [0, 0.05) is 31.5 Å². The number of carbonyl (C=O) groups is 1. The molecule has 7 heteroatoms. The number of hydrogen-bond donors (Lipinski definition) is 2. The van der Waals surface area contributed by atoms with Crippen LogP contribution in [-0.2, 0) is 11.2 Å². The van der Waals surface area contributed by atoms with Crippen molar-refractivity contribution < 1.29 is 4.79 Å². The van der Waals surface area contributed by atoms with Crippen LogP contribution in [0, 0.1) is 5.92 Å². The topological polar surface area (TPSA) is 72.9 Å². The van der Waals surface area contributed by atoms with E-state index < -0.39 is 0 Å². The van der Waals surface area contributed by atoms with Crippen molar-refractivity contribution in [1.29, 1.82) is 0 Å². The van der Waals surface area contributed by atoms with E-state index in [0.29, 0.717) is 19.1 Å². The Morgan fingerprint density at radius 3 is 2.52 bits per heavy atom. The van der Waals surface area contributed by atoms with Crippen LogP contribution >= 0.6 is 24.8 Å². The van der Waals surface area contributed by atoms with Gasteiger partial charge in [-0.15, -0.1) is 24.8 Å². The first kappa shape index (κ1) is 21.7.